The van der Waals surface area contributed by atoms with E-state index < -0.39 is 0 Å². The van der Waals surface area contributed by atoms with Gasteiger partial charge in [-0.2, -0.15) is 0 Å². The van der Waals surface area contributed by atoms with Crippen molar-refractivity contribution in [3.05, 3.63) is 0 Å². The second-order valence-corrected chi connectivity index (χ2v) is 3.56. The molecule has 0 radical (unpaired) electrons. The maximum atomic E-state index is 5.44. The standard InChI is InChI=1S/C10H20N2/c1-2-5-10(12-8-11)9-6-3-4-7-9/h9H,2-8,11H2,1H3/b12-10+. The summed E-state index contributed by atoms with van der Waals surface area (Å²) in [7, 11) is 0. The van der Waals surface area contributed by atoms with Crippen molar-refractivity contribution in [1.29, 1.82) is 0 Å². The molecular formula is C10H20N2. The molecule has 2 nitrogen and oxygen atoms in total. The first kappa shape index (κ1) is 9.72. The molecule has 1 rings (SSSR count). The van der Waals surface area contributed by atoms with Crippen LogP contribution in [0.4, 0.5) is 0 Å². The quantitative estimate of drug-likeness (QED) is 0.643. The van der Waals surface area contributed by atoms with Gasteiger partial charge in [0.25, 0.3) is 0 Å². The first-order valence-electron chi connectivity index (χ1n) is 5.11. The van der Waals surface area contributed by atoms with Crippen molar-refractivity contribution in [3.8, 4) is 0 Å². The Kier molecular flexibility index (Phi) is 4.30. The third kappa shape index (κ3) is 2.59. The number of nitrogens with two attached hydrogens (primary N) is 1. The molecule has 0 amide bonds. The monoisotopic (exact) mass is 168 g/mol. The van der Waals surface area contributed by atoms with Gasteiger partial charge in [-0.15, -0.1) is 0 Å². The van der Waals surface area contributed by atoms with E-state index in [1.165, 1.54) is 37.8 Å². The number of hydrogen-bond acceptors (Lipinski definition) is 2. The maximum Gasteiger partial charge on any atom is 0.0858 e. The molecule has 0 atom stereocenters. The minimum atomic E-state index is 0.478. The molecule has 1 fully saturated rings. The van der Waals surface area contributed by atoms with E-state index in [2.05, 4.69) is 11.9 Å². The summed E-state index contributed by atoms with van der Waals surface area (Å²) in [4.78, 5) is 4.39. The highest BCUT2D eigenvalue weighted by Crippen LogP contribution is 2.27. The summed E-state index contributed by atoms with van der Waals surface area (Å²) in [5.41, 5.74) is 6.83. The summed E-state index contributed by atoms with van der Waals surface area (Å²) < 4.78 is 0. The molecule has 0 heterocycles. The zero-order valence-corrected chi connectivity index (χ0v) is 8.05. The summed E-state index contributed by atoms with van der Waals surface area (Å²) in [6, 6.07) is 0. The SMILES string of the molecule is CCC/C(=N\CN)C1CCCC1. The van der Waals surface area contributed by atoms with E-state index in [1.54, 1.807) is 0 Å². The Morgan fingerprint density at radius 2 is 2.08 bits per heavy atom. The van der Waals surface area contributed by atoms with Crippen molar-refractivity contribution in [3.63, 3.8) is 0 Å². The lowest BCUT2D eigenvalue weighted by molar-refractivity contribution is 0.699. The Morgan fingerprint density at radius 3 is 2.58 bits per heavy atom. The van der Waals surface area contributed by atoms with Gasteiger partial charge in [0.1, 0.15) is 0 Å². The van der Waals surface area contributed by atoms with E-state index in [9.17, 15) is 0 Å². The Bertz CT molecular complexity index is 146. The van der Waals surface area contributed by atoms with Crippen LogP contribution in [0.25, 0.3) is 0 Å². The zero-order valence-electron chi connectivity index (χ0n) is 8.05. The first-order chi connectivity index (χ1) is 5.88. The van der Waals surface area contributed by atoms with E-state index in [1.807, 2.05) is 0 Å². The van der Waals surface area contributed by atoms with Gasteiger partial charge < -0.3 is 5.73 Å². The van der Waals surface area contributed by atoms with Crippen molar-refractivity contribution in [2.45, 2.75) is 45.4 Å². The Morgan fingerprint density at radius 1 is 1.42 bits per heavy atom. The Hall–Kier alpha value is -0.370. The van der Waals surface area contributed by atoms with Crippen molar-refractivity contribution < 1.29 is 0 Å². The summed E-state index contributed by atoms with van der Waals surface area (Å²) in [5.74, 6) is 0.772. The fourth-order valence-electron chi connectivity index (χ4n) is 2.04. The molecule has 0 aromatic carbocycles. The average molecular weight is 168 g/mol. The van der Waals surface area contributed by atoms with Crippen molar-refractivity contribution in [2.75, 3.05) is 6.67 Å². The lowest BCUT2D eigenvalue weighted by Gasteiger charge is -2.11. The van der Waals surface area contributed by atoms with Gasteiger partial charge in [-0.3, -0.25) is 4.99 Å². The normalized spacial score (nSPS) is 20.3. The molecule has 0 aliphatic heterocycles. The number of nitrogens with zero attached hydrogens (tertiary/aromatic N) is 1. The van der Waals surface area contributed by atoms with Crippen LogP contribution in [-0.4, -0.2) is 12.4 Å². The molecule has 0 aromatic rings. The summed E-state index contributed by atoms with van der Waals surface area (Å²) >= 11 is 0. The van der Waals surface area contributed by atoms with Crippen molar-refractivity contribution >= 4 is 5.71 Å². The molecule has 1 aliphatic carbocycles. The third-order valence-electron chi connectivity index (χ3n) is 2.63. The van der Waals surface area contributed by atoms with E-state index in [0.717, 1.165) is 12.3 Å². The van der Waals surface area contributed by atoms with Gasteiger partial charge in [-0.05, 0) is 25.2 Å². The zero-order chi connectivity index (χ0) is 8.81. The molecule has 0 unspecified atom stereocenters. The maximum absolute atomic E-state index is 5.44. The fraction of sp³-hybridized carbons (Fsp3) is 0.900. The van der Waals surface area contributed by atoms with Crippen LogP contribution < -0.4 is 5.73 Å². The predicted octanol–water partition coefficient (Wildman–Crippen LogP) is 2.33. The van der Waals surface area contributed by atoms with Crippen LogP contribution in [0, 0.1) is 5.92 Å². The van der Waals surface area contributed by atoms with Gasteiger partial charge in [0, 0.05) is 5.71 Å². The van der Waals surface area contributed by atoms with Gasteiger partial charge >= 0.3 is 0 Å². The van der Waals surface area contributed by atoms with Crippen LogP contribution >= 0.6 is 0 Å². The molecule has 70 valence electrons. The molecule has 0 aromatic heterocycles. The molecule has 12 heavy (non-hydrogen) atoms. The van der Waals surface area contributed by atoms with Crippen molar-refractivity contribution in [2.24, 2.45) is 16.6 Å². The summed E-state index contributed by atoms with van der Waals surface area (Å²) in [6.45, 7) is 2.69. The smallest absolute Gasteiger partial charge is 0.0858 e. The van der Waals surface area contributed by atoms with E-state index >= 15 is 0 Å². The van der Waals surface area contributed by atoms with Gasteiger partial charge in [0.15, 0.2) is 0 Å². The number of hydrogen-bond donors (Lipinski definition) is 1. The fourth-order valence-corrected chi connectivity index (χ4v) is 2.04. The van der Waals surface area contributed by atoms with Crippen LogP contribution in [0.1, 0.15) is 45.4 Å². The molecular weight excluding hydrogens is 148 g/mol. The minimum Gasteiger partial charge on any atom is -0.312 e. The van der Waals surface area contributed by atoms with Gasteiger partial charge in [-0.25, -0.2) is 0 Å². The highest BCUT2D eigenvalue weighted by atomic mass is 14.9. The lowest BCUT2D eigenvalue weighted by Crippen LogP contribution is -2.13. The second-order valence-electron chi connectivity index (χ2n) is 3.56. The summed E-state index contributed by atoms with van der Waals surface area (Å²) in [5, 5.41) is 0. The van der Waals surface area contributed by atoms with Crippen LogP contribution in [0.15, 0.2) is 4.99 Å². The highest BCUT2D eigenvalue weighted by Gasteiger charge is 2.19. The highest BCUT2D eigenvalue weighted by molar-refractivity contribution is 5.86. The molecule has 0 saturated heterocycles. The van der Waals surface area contributed by atoms with Crippen LogP contribution in [0.2, 0.25) is 0 Å². The molecule has 0 bridgehead atoms. The molecule has 1 aliphatic rings. The van der Waals surface area contributed by atoms with E-state index in [0.29, 0.717) is 6.67 Å². The Balaban J connectivity index is 2.45. The topological polar surface area (TPSA) is 38.4 Å². The van der Waals surface area contributed by atoms with Crippen LogP contribution in [0.3, 0.4) is 0 Å². The van der Waals surface area contributed by atoms with Gasteiger partial charge in [0.2, 0.25) is 0 Å². The molecule has 2 heteroatoms. The van der Waals surface area contributed by atoms with Gasteiger partial charge in [-0.1, -0.05) is 26.2 Å². The molecule has 1 saturated carbocycles. The van der Waals surface area contributed by atoms with Crippen LogP contribution in [-0.2, 0) is 0 Å². The average Bonchev–Trinajstić information content (AvgIpc) is 2.56. The summed E-state index contributed by atoms with van der Waals surface area (Å²) in [6.07, 6.45) is 7.82. The van der Waals surface area contributed by atoms with Gasteiger partial charge in [0.05, 0.1) is 6.67 Å². The molecule has 2 N–H and O–H groups in total. The predicted molar refractivity (Wildman–Crippen MR) is 53.4 cm³/mol. The number of rotatable bonds is 4. The molecule has 0 spiro atoms. The largest absolute Gasteiger partial charge is 0.312 e. The van der Waals surface area contributed by atoms with E-state index in [4.69, 9.17) is 5.73 Å². The third-order valence-corrected chi connectivity index (χ3v) is 2.63. The second kappa shape index (κ2) is 5.31. The first-order valence-corrected chi connectivity index (χ1v) is 5.11. The number of aliphatic imine (C=N–C) groups is 1. The van der Waals surface area contributed by atoms with E-state index in [-0.39, 0.29) is 0 Å². The lowest BCUT2D eigenvalue weighted by atomic mass is 9.98. The minimum absolute atomic E-state index is 0.478. The van der Waals surface area contributed by atoms with Crippen LogP contribution in [0.5, 0.6) is 0 Å². The van der Waals surface area contributed by atoms with Crippen molar-refractivity contribution in [1.82, 2.24) is 0 Å². The Labute approximate surface area is 75.3 Å².